The van der Waals surface area contributed by atoms with Crippen LogP contribution in [0, 0.1) is 12.7 Å². The van der Waals surface area contributed by atoms with Crippen LogP contribution in [0.15, 0.2) is 104 Å². The van der Waals surface area contributed by atoms with Gasteiger partial charge in [-0.1, -0.05) is 53.5 Å². The smallest absolute Gasteiger partial charge is 0.345 e. The second-order valence-electron chi connectivity index (χ2n) is 15.9. The lowest BCUT2D eigenvalue weighted by Crippen LogP contribution is -2.48. The zero-order valence-corrected chi connectivity index (χ0v) is 37.8. The fraction of sp³-hybridized carbons (Fsp3) is 0.265. The molecule has 66 heavy (non-hydrogen) atoms. The number of aliphatic hydroxyl groups is 1. The summed E-state index contributed by atoms with van der Waals surface area (Å²) in [7, 11) is 3.64. The average molecular weight is 938 g/mol. The number of rotatable bonds is 17. The fourth-order valence-electron chi connectivity index (χ4n) is 7.99. The summed E-state index contributed by atoms with van der Waals surface area (Å²) in [5.41, 5.74) is 4.58. The molecule has 0 bridgehead atoms. The second kappa shape index (κ2) is 20.4. The van der Waals surface area contributed by atoms with Crippen LogP contribution in [0.4, 0.5) is 4.39 Å². The summed E-state index contributed by atoms with van der Waals surface area (Å²) in [6, 6.07) is 22.8. The van der Waals surface area contributed by atoms with Crippen LogP contribution in [0.25, 0.3) is 39.2 Å². The van der Waals surface area contributed by atoms with Crippen LogP contribution in [0.2, 0.25) is 10.2 Å². The Morgan fingerprint density at radius 2 is 1.64 bits per heavy atom. The zero-order chi connectivity index (χ0) is 46.5. The molecule has 7 aromatic rings. The van der Waals surface area contributed by atoms with Gasteiger partial charge in [-0.2, -0.15) is 0 Å². The Bertz CT molecular complexity index is 2860. The van der Waals surface area contributed by atoms with Crippen molar-refractivity contribution in [2.24, 2.45) is 0 Å². The highest BCUT2D eigenvalue weighted by atomic mass is 35.5. The normalized spacial score (nSPS) is 14.2. The van der Waals surface area contributed by atoms with E-state index in [4.69, 9.17) is 42.1 Å². The number of phenols is 1. The maximum atomic E-state index is 14.3. The van der Waals surface area contributed by atoms with Crippen molar-refractivity contribution < 1.29 is 43.5 Å². The molecule has 17 heteroatoms. The van der Waals surface area contributed by atoms with E-state index in [9.17, 15) is 24.5 Å². The number of hydrogen-bond donors (Lipinski definition) is 3. The first-order chi connectivity index (χ1) is 31.9. The monoisotopic (exact) mass is 936 g/mol. The van der Waals surface area contributed by atoms with Gasteiger partial charge in [0.25, 0.3) is 0 Å². The maximum absolute atomic E-state index is 14.3. The summed E-state index contributed by atoms with van der Waals surface area (Å²) in [5.74, 6) is -0.270. The summed E-state index contributed by atoms with van der Waals surface area (Å²) in [6.45, 7) is 5.60. The minimum atomic E-state index is -1.56. The van der Waals surface area contributed by atoms with Crippen molar-refractivity contribution >= 4 is 34.7 Å². The van der Waals surface area contributed by atoms with Crippen LogP contribution in [0.1, 0.15) is 16.8 Å². The molecule has 4 heterocycles. The molecule has 0 amide bonds. The quantitative estimate of drug-likeness (QED) is 0.0801. The minimum Gasteiger partial charge on any atom is -0.508 e. The fourth-order valence-corrected chi connectivity index (χ4v) is 8.54. The number of aromatic nitrogens is 4. The van der Waals surface area contributed by atoms with Gasteiger partial charge in [0, 0.05) is 74.4 Å². The van der Waals surface area contributed by atoms with Crippen molar-refractivity contribution in [2.45, 2.75) is 32.2 Å². The number of aliphatic carboxylic acids is 1. The number of likely N-dealkylation sites (N-methyl/N-ethyl adjacent to an activating group) is 1. The highest BCUT2D eigenvalue weighted by molar-refractivity contribution is 6.35. The molecule has 0 radical (unpaired) electrons. The average Bonchev–Trinajstić information content (AvgIpc) is 3.62. The van der Waals surface area contributed by atoms with E-state index in [-0.39, 0.29) is 47.2 Å². The lowest BCUT2D eigenvalue weighted by atomic mass is 9.94. The summed E-state index contributed by atoms with van der Waals surface area (Å²) in [5, 5.41) is 32.1. The van der Waals surface area contributed by atoms with Crippen LogP contribution in [-0.4, -0.2) is 116 Å². The summed E-state index contributed by atoms with van der Waals surface area (Å²) >= 11 is 14.3. The number of benzene rings is 4. The Morgan fingerprint density at radius 3 is 2.38 bits per heavy atom. The number of carboxylic acids is 1. The number of carbonyl (C=O) groups is 1. The van der Waals surface area contributed by atoms with Crippen molar-refractivity contribution in [3.63, 3.8) is 0 Å². The maximum Gasteiger partial charge on any atom is 0.345 e. The topological polar surface area (TPSA) is 164 Å². The van der Waals surface area contributed by atoms with Crippen LogP contribution in [-0.2, 0) is 17.8 Å². The predicted molar refractivity (Wildman–Crippen MR) is 248 cm³/mol. The Labute approximate surface area is 390 Å². The van der Waals surface area contributed by atoms with Crippen LogP contribution < -0.4 is 18.9 Å². The number of halogens is 3. The van der Waals surface area contributed by atoms with Gasteiger partial charge in [-0.05, 0) is 85.3 Å². The molecule has 3 N–H and O–H groups in total. The van der Waals surface area contributed by atoms with Gasteiger partial charge in [0.05, 0.1) is 30.0 Å². The Hall–Kier alpha value is -6.49. The molecule has 2 atom stereocenters. The molecular formula is C49H47Cl2FN6O8. The first-order valence-electron chi connectivity index (χ1n) is 21.1. The van der Waals surface area contributed by atoms with E-state index in [1.54, 1.807) is 60.3 Å². The first-order valence-corrected chi connectivity index (χ1v) is 21.9. The molecule has 1 unspecified atom stereocenters. The third-order valence-corrected chi connectivity index (χ3v) is 12.3. The van der Waals surface area contributed by atoms with Crippen LogP contribution in [0.3, 0.4) is 0 Å². The van der Waals surface area contributed by atoms with Gasteiger partial charge in [0.15, 0.2) is 5.82 Å². The predicted octanol–water partition coefficient (Wildman–Crippen LogP) is 8.23. The molecule has 0 spiro atoms. The summed E-state index contributed by atoms with van der Waals surface area (Å²) < 4.78 is 40.3. The molecule has 4 aromatic carbocycles. The van der Waals surface area contributed by atoms with Crippen molar-refractivity contribution in [1.82, 2.24) is 29.2 Å². The molecule has 3 aromatic heterocycles. The van der Waals surface area contributed by atoms with Crippen LogP contribution >= 0.6 is 23.2 Å². The van der Waals surface area contributed by atoms with Crippen molar-refractivity contribution in [1.29, 1.82) is 0 Å². The summed E-state index contributed by atoms with van der Waals surface area (Å²) in [4.78, 5) is 31.2. The largest absolute Gasteiger partial charge is 0.508 e. The number of hydrogen-bond acceptors (Lipinski definition) is 12. The summed E-state index contributed by atoms with van der Waals surface area (Å²) in [6.07, 6.45) is 2.29. The van der Waals surface area contributed by atoms with Gasteiger partial charge in [-0.3, -0.25) is 4.90 Å². The lowest BCUT2D eigenvalue weighted by molar-refractivity contribution is -0.145. The molecule has 1 fully saturated rings. The second-order valence-corrected chi connectivity index (χ2v) is 16.6. The number of aliphatic hydroxyl groups excluding tert-OH is 1. The Balaban J connectivity index is 1.13. The van der Waals surface area contributed by atoms with E-state index in [0.717, 1.165) is 26.2 Å². The van der Waals surface area contributed by atoms with Gasteiger partial charge in [0.2, 0.25) is 12.0 Å². The number of aromatic hydroxyl groups is 1. The number of piperazine rings is 1. The van der Waals surface area contributed by atoms with E-state index in [1.807, 2.05) is 31.2 Å². The Morgan fingerprint density at radius 1 is 0.879 bits per heavy atom. The number of fused-ring (bicyclic) bond motifs is 1. The van der Waals surface area contributed by atoms with Gasteiger partial charge in [0.1, 0.15) is 52.2 Å². The van der Waals surface area contributed by atoms with E-state index >= 15 is 0 Å². The number of phenolic OH excluding ortho intramolecular Hbond substituents is 1. The van der Waals surface area contributed by atoms with Crippen molar-refractivity contribution in [3.8, 4) is 62.5 Å². The highest BCUT2D eigenvalue weighted by Crippen LogP contribution is 2.48. The number of ether oxygens (including phenoxy) is 4. The molecule has 1 aliphatic heterocycles. The zero-order valence-electron chi connectivity index (χ0n) is 36.3. The molecular weight excluding hydrogens is 890 g/mol. The molecule has 0 aliphatic carbocycles. The SMILES string of the molecule is COc1ccccc1-c1nccc(COc2ccc(O)cc2CC(Oc2nccn3c(Cl)c(-c4ccc(F)cc4)c(-c4ccc(O[C@@H](CO)CN5CCN(C)CC5)c(Cl)c4C)c23)C(=O)O)n1. The number of para-hydroxylation sites is 1. The number of nitrogens with zero attached hydrogens (tertiary/aromatic N) is 6. The van der Waals surface area contributed by atoms with Gasteiger partial charge >= 0.3 is 5.97 Å². The molecule has 14 nitrogen and oxygen atoms in total. The number of methoxy groups -OCH3 is 1. The molecule has 1 aliphatic rings. The van der Waals surface area contributed by atoms with E-state index in [1.165, 1.54) is 30.5 Å². The standard InChI is InChI=1S/C49H47Cl2FN6O8/c1-29-36(13-15-40(44(29)50)65-35(27-59)26-57-22-20-56(2)21-23-57)43-42(30-8-10-32(52)11-9-30)46(51)58-19-18-54-48(45(43)58)66-41(49(61)62)25-31-24-34(60)12-14-38(31)64-28-33-16-17-53-47(55-33)37-6-4-5-7-39(37)63-3/h4-19,24,35,41,59-60H,20-23,25-28H2,1-3H3,(H,61,62)/t35-,41?/m1/s1. The lowest BCUT2D eigenvalue weighted by Gasteiger charge is -2.34. The van der Waals surface area contributed by atoms with Crippen LogP contribution in [0.5, 0.6) is 28.9 Å². The molecule has 342 valence electrons. The van der Waals surface area contributed by atoms with E-state index in [2.05, 4.69) is 31.8 Å². The molecule has 1 saturated heterocycles. The number of carboxylic acid groups (broad SMARTS) is 1. The van der Waals surface area contributed by atoms with Crippen molar-refractivity contribution in [3.05, 3.63) is 136 Å². The molecule has 8 rings (SSSR count). The third kappa shape index (κ3) is 10.0. The molecule has 0 saturated carbocycles. The van der Waals surface area contributed by atoms with Gasteiger partial charge in [-0.25, -0.2) is 24.1 Å². The van der Waals surface area contributed by atoms with Gasteiger partial charge in [-0.15, -0.1) is 0 Å². The minimum absolute atomic E-state index is 0.0112. The third-order valence-electron chi connectivity index (χ3n) is 11.5. The van der Waals surface area contributed by atoms with E-state index < -0.39 is 24.0 Å². The Kier molecular flexibility index (Phi) is 14.2. The van der Waals surface area contributed by atoms with Gasteiger partial charge < -0.3 is 43.6 Å². The van der Waals surface area contributed by atoms with E-state index in [0.29, 0.717) is 74.0 Å². The van der Waals surface area contributed by atoms with Crippen molar-refractivity contribution in [2.75, 3.05) is 53.5 Å². The highest BCUT2D eigenvalue weighted by Gasteiger charge is 2.30. The first kappa shape index (κ1) is 46.1.